The van der Waals surface area contributed by atoms with Gasteiger partial charge in [-0.25, -0.2) is 4.68 Å². The third-order valence-corrected chi connectivity index (χ3v) is 9.07. The average molecular weight is 468 g/mol. The summed E-state index contributed by atoms with van der Waals surface area (Å²) in [5.74, 6) is 0.622. The Hall–Kier alpha value is -2.82. The lowest BCUT2D eigenvalue weighted by molar-refractivity contribution is 0.0336. The normalized spacial score (nSPS) is 23.0. The van der Waals surface area contributed by atoms with Crippen molar-refractivity contribution in [2.45, 2.75) is 50.6 Å². The van der Waals surface area contributed by atoms with E-state index in [0.717, 1.165) is 29.8 Å². The Kier molecular flexibility index (Phi) is 4.46. The molecule has 6 rings (SSSR count). The summed E-state index contributed by atoms with van der Waals surface area (Å²) in [5, 5.41) is 8.49. The van der Waals surface area contributed by atoms with Crippen molar-refractivity contribution in [3.63, 3.8) is 0 Å². The average Bonchev–Trinajstić information content (AvgIpc) is 3.36. The van der Waals surface area contributed by atoms with Gasteiger partial charge in [0.25, 0.3) is 5.91 Å². The number of amides is 1. The van der Waals surface area contributed by atoms with E-state index in [1.165, 1.54) is 4.31 Å². The number of carbonyl (C=O) groups excluding carboxylic acids is 1. The molecule has 172 valence electrons. The van der Waals surface area contributed by atoms with Crippen LogP contribution in [0.4, 0.5) is 0 Å². The summed E-state index contributed by atoms with van der Waals surface area (Å²) in [7, 11) is -3.71. The minimum Gasteiger partial charge on any atom is -0.593 e. The van der Waals surface area contributed by atoms with Gasteiger partial charge in [-0.15, -0.1) is 4.31 Å². The van der Waals surface area contributed by atoms with Gasteiger partial charge in [-0.05, 0) is 44.7 Å². The van der Waals surface area contributed by atoms with Crippen LogP contribution in [0.1, 0.15) is 52.1 Å². The van der Waals surface area contributed by atoms with Crippen LogP contribution in [-0.4, -0.2) is 53.7 Å². The maximum Gasteiger partial charge on any atom is 0.273 e. The van der Waals surface area contributed by atoms with E-state index in [4.69, 9.17) is 9.62 Å². The number of aromatic nitrogens is 3. The second kappa shape index (κ2) is 7.09. The number of hydrogen-bond donors (Lipinski definition) is 0. The highest BCUT2D eigenvalue weighted by molar-refractivity contribution is 7.95. The minimum atomic E-state index is -3.71. The Morgan fingerprint density at radius 2 is 1.79 bits per heavy atom. The third-order valence-electron chi connectivity index (χ3n) is 7.00. The molecule has 1 amide bonds. The lowest BCUT2D eigenvalue weighted by Gasteiger charge is -2.45. The van der Waals surface area contributed by atoms with Gasteiger partial charge in [-0.2, -0.15) is 5.10 Å². The van der Waals surface area contributed by atoms with Gasteiger partial charge in [0.1, 0.15) is 11.4 Å². The summed E-state index contributed by atoms with van der Waals surface area (Å²) in [5.41, 5.74) is 3.68. The SMILES string of the molecule is Cc1nn(-c2ccccc2)c2c1C(C1CC1)N(C1CN([S+](=O)([O-])c3c(C)noc3C)C1)C2=O. The van der Waals surface area contributed by atoms with Gasteiger partial charge in [0.15, 0.2) is 16.2 Å². The first-order chi connectivity index (χ1) is 15.8. The summed E-state index contributed by atoms with van der Waals surface area (Å²) in [6, 6.07) is 9.46. The van der Waals surface area contributed by atoms with Crippen LogP contribution in [0.15, 0.2) is 39.8 Å². The van der Waals surface area contributed by atoms with E-state index in [9.17, 15) is 13.6 Å². The summed E-state index contributed by atoms with van der Waals surface area (Å²) < 4.78 is 34.6. The molecule has 4 heterocycles. The molecule has 2 aromatic heterocycles. The molecule has 1 aromatic carbocycles. The van der Waals surface area contributed by atoms with Crippen molar-refractivity contribution in [1.82, 2.24) is 24.1 Å². The predicted octanol–water partition coefficient (Wildman–Crippen LogP) is 2.98. The highest BCUT2D eigenvalue weighted by Gasteiger charge is 2.56. The highest BCUT2D eigenvalue weighted by atomic mass is 32.3. The molecule has 10 heteroatoms. The number of fused-ring (bicyclic) bond motifs is 1. The van der Waals surface area contributed by atoms with Crippen molar-refractivity contribution in [2.24, 2.45) is 5.92 Å². The molecule has 0 N–H and O–H groups in total. The zero-order chi connectivity index (χ0) is 23.1. The van der Waals surface area contributed by atoms with Crippen LogP contribution >= 0.6 is 0 Å². The second-order valence-corrected chi connectivity index (χ2v) is 11.1. The second-order valence-electron chi connectivity index (χ2n) is 9.22. The van der Waals surface area contributed by atoms with E-state index in [1.54, 1.807) is 18.5 Å². The number of rotatable bonds is 5. The van der Waals surface area contributed by atoms with Crippen molar-refractivity contribution >= 4 is 16.3 Å². The topological polar surface area (TPSA) is 108 Å². The fourth-order valence-electron chi connectivity index (χ4n) is 5.27. The highest BCUT2D eigenvalue weighted by Crippen LogP contribution is 2.52. The van der Waals surface area contributed by atoms with Crippen LogP contribution in [-0.2, 0) is 14.6 Å². The van der Waals surface area contributed by atoms with Crippen LogP contribution in [0.3, 0.4) is 0 Å². The Labute approximate surface area is 192 Å². The van der Waals surface area contributed by atoms with Gasteiger partial charge in [-0.1, -0.05) is 27.6 Å². The maximum atomic E-state index is 13.7. The summed E-state index contributed by atoms with van der Waals surface area (Å²) in [4.78, 5) is 15.8. The predicted molar refractivity (Wildman–Crippen MR) is 118 cm³/mol. The van der Waals surface area contributed by atoms with Crippen molar-refractivity contribution in [2.75, 3.05) is 13.1 Å². The minimum absolute atomic E-state index is 0.0427. The molecule has 2 atom stereocenters. The first kappa shape index (κ1) is 20.8. The van der Waals surface area contributed by atoms with Crippen LogP contribution < -0.4 is 0 Å². The smallest absolute Gasteiger partial charge is 0.273 e. The fraction of sp³-hybridized carbons (Fsp3) is 0.435. The molecular weight excluding hydrogens is 442 g/mol. The Morgan fingerprint density at radius 3 is 2.39 bits per heavy atom. The van der Waals surface area contributed by atoms with Gasteiger partial charge in [0.2, 0.25) is 4.90 Å². The standard InChI is InChI=1S/C23H25N5O4S/c1-13-19-20(16-9-10-16)27(23(29)21(19)28(24-13)17-7-5-4-6-8-17)18-11-26(12-18)33(30,31)22-14(2)25-32-15(22)3/h4-8,16,18,20H,9-12H2,1-3H3. The molecule has 1 saturated heterocycles. The van der Waals surface area contributed by atoms with Crippen molar-refractivity contribution in [1.29, 1.82) is 0 Å². The lowest BCUT2D eigenvalue weighted by atomic mass is 10.0. The van der Waals surface area contributed by atoms with Crippen LogP contribution in [0.5, 0.6) is 0 Å². The molecule has 2 aliphatic heterocycles. The number of hydrogen-bond acceptors (Lipinski definition) is 6. The molecule has 9 nitrogen and oxygen atoms in total. The molecule has 0 radical (unpaired) electrons. The third kappa shape index (κ3) is 2.97. The quantitative estimate of drug-likeness (QED) is 0.534. The lowest BCUT2D eigenvalue weighted by Crippen LogP contribution is -2.63. The number of benzene rings is 1. The van der Waals surface area contributed by atoms with Gasteiger partial charge in [-0.3, -0.25) is 4.79 Å². The van der Waals surface area contributed by atoms with Crippen molar-refractivity contribution in [3.05, 3.63) is 58.7 Å². The molecule has 3 aromatic rings. The van der Waals surface area contributed by atoms with Crippen molar-refractivity contribution in [3.8, 4) is 5.69 Å². The Balaban J connectivity index is 1.32. The van der Waals surface area contributed by atoms with Gasteiger partial charge < -0.3 is 14.0 Å². The number of sulfonamides is 1. The summed E-state index contributed by atoms with van der Waals surface area (Å²) in [6.45, 7) is 5.72. The van der Waals surface area contributed by atoms with E-state index < -0.39 is 10.4 Å². The monoisotopic (exact) mass is 467 g/mol. The molecule has 2 fully saturated rings. The Bertz CT molecular complexity index is 1290. The van der Waals surface area contributed by atoms with E-state index in [-0.39, 0.29) is 41.7 Å². The van der Waals surface area contributed by atoms with E-state index in [2.05, 4.69) is 5.16 Å². The van der Waals surface area contributed by atoms with Gasteiger partial charge >= 0.3 is 0 Å². The van der Waals surface area contributed by atoms with Gasteiger partial charge in [0, 0.05) is 12.5 Å². The maximum absolute atomic E-state index is 13.7. The number of nitrogens with zero attached hydrogens (tertiary/aromatic N) is 5. The number of para-hydroxylation sites is 1. The zero-order valence-corrected chi connectivity index (χ0v) is 19.5. The molecule has 1 saturated carbocycles. The largest absolute Gasteiger partial charge is 0.593 e. The summed E-state index contributed by atoms with van der Waals surface area (Å²) in [6.07, 6.45) is 2.13. The van der Waals surface area contributed by atoms with Gasteiger partial charge in [0.05, 0.1) is 36.6 Å². The van der Waals surface area contributed by atoms with Crippen LogP contribution in [0.2, 0.25) is 0 Å². The van der Waals surface area contributed by atoms with Crippen molar-refractivity contribution < 1.29 is 18.1 Å². The number of carbonyl (C=O) groups is 1. The van der Waals surface area contributed by atoms with Crippen LogP contribution in [0, 0.1) is 26.7 Å². The van der Waals surface area contributed by atoms with Crippen LogP contribution in [0.25, 0.3) is 5.69 Å². The molecule has 2 unspecified atom stereocenters. The fourth-order valence-corrected chi connectivity index (χ4v) is 7.08. The first-order valence-corrected chi connectivity index (χ1v) is 12.6. The first-order valence-electron chi connectivity index (χ1n) is 11.2. The zero-order valence-electron chi connectivity index (χ0n) is 18.7. The van der Waals surface area contributed by atoms with E-state index in [0.29, 0.717) is 17.3 Å². The molecule has 3 aliphatic rings. The summed E-state index contributed by atoms with van der Waals surface area (Å²) >= 11 is 0. The Morgan fingerprint density at radius 1 is 1.09 bits per heavy atom. The van der Waals surface area contributed by atoms with E-state index in [1.807, 2.05) is 42.2 Å². The molecule has 33 heavy (non-hydrogen) atoms. The van der Waals surface area contributed by atoms with E-state index >= 15 is 0 Å². The molecule has 1 aliphatic carbocycles. The molecular formula is C23H25N5O4S. The number of aryl methyl sites for hydroxylation is 3. The molecule has 0 spiro atoms. The molecule has 0 bridgehead atoms.